The summed E-state index contributed by atoms with van der Waals surface area (Å²) in [4.78, 5) is 17.0. The number of nitrogens with zero attached hydrogens (tertiary/aromatic N) is 3. The number of aromatic nitrogens is 1. The minimum atomic E-state index is 0.181. The molecule has 6 nitrogen and oxygen atoms in total. The zero-order chi connectivity index (χ0) is 18.0. The van der Waals surface area contributed by atoms with Gasteiger partial charge in [-0.3, -0.25) is 9.69 Å². The molecule has 2 aliphatic rings. The predicted octanol–water partition coefficient (Wildman–Crippen LogP) is 2.53. The summed E-state index contributed by atoms with van der Waals surface area (Å²) in [5.41, 5.74) is 1.95. The quantitative estimate of drug-likeness (QED) is 0.722. The second-order valence-corrected chi connectivity index (χ2v) is 7.93. The summed E-state index contributed by atoms with van der Waals surface area (Å²) in [5.74, 6) is 1.63. The van der Waals surface area contributed by atoms with E-state index in [1.54, 1.807) is 0 Å². The average molecular weight is 349 g/mol. The van der Waals surface area contributed by atoms with E-state index in [-0.39, 0.29) is 12.0 Å². The molecule has 1 aromatic heterocycles. The van der Waals surface area contributed by atoms with Gasteiger partial charge in [-0.25, -0.2) is 0 Å². The Bertz CT molecular complexity index is 575. The van der Waals surface area contributed by atoms with Crippen LogP contribution >= 0.6 is 0 Å². The van der Waals surface area contributed by atoms with Crippen LogP contribution in [0.2, 0.25) is 0 Å². The fourth-order valence-corrected chi connectivity index (χ4v) is 3.50. The van der Waals surface area contributed by atoms with Gasteiger partial charge in [0, 0.05) is 31.2 Å². The van der Waals surface area contributed by atoms with Crippen LogP contribution < -0.4 is 0 Å². The molecule has 0 spiro atoms. The van der Waals surface area contributed by atoms with Gasteiger partial charge < -0.3 is 14.2 Å². The maximum absolute atomic E-state index is 12.7. The normalized spacial score (nSPS) is 21.2. The second kappa shape index (κ2) is 7.87. The third-order valence-electron chi connectivity index (χ3n) is 5.10. The lowest BCUT2D eigenvalue weighted by atomic mass is 10.2. The van der Waals surface area contributed by atoms with Crippen LogP contribution in [0.15, 0.2) is 4.52 Å². The van der Waals surface area contributed by atoms with Gasteiger partial charge in [0.05, 0.1) is 24.9 Å². The standard InChI is InChI=1S/C19H31N3O3/c1-13(2)9-22(16-5-6-16)19(23)11-21-8-7-17(10-21)24-12-18-14(3)20-25-15(18)4/h13,16-17H,5-12H2,1-4H3. The molecule has 1 unspecified atom stereocenters. The molecule has 1 saturated carbocycles. The van der Waals surface area contributed by atoms with Gasteiger partial charge in [-0.2, -0.15) is 0 Å². The van der Waals surface area contributed by atoms with Gasteiger partial charge in [0.1, 0.15) is 5.76 Å². The number of carbonyl (C=O) groups excluding carboxylic acids is 1. The van der Waals surface area contributed by atoms with E-state index in [0.29, 0.717) is 25.1 Å². The molecule has 1 amide bonds. The van der Waals surface area contributed by atoms with E-state index < -0.39 is 0 Å². The zero-order valence-corrected chi connectivity index (χ0v) is 16.0. The first-order chi connectivity index (χ1) is 11.9. The summed E-state index contributed by atoms with van der Waals surface area (Å²) < 4.78 is 11.2. The van der Waals surface area contributed by atoms with Crippen molar-refractivity contribution in [2.24, 2.45) is 5.92 Å². The number of hydrogen-bond donors (Lipinski definition) is 0. The van der Waals surface area contributed by atoms with Crippen LogP contribution in [0.4, 0.5) is 0 Å². The van der Waals surface area contributed by atoms with Gasteiger partial charge in [-0.1, -0.05) is 19.0 Å². The first-order valence-corrected chi connectivity index (χ1v) is 9.49. The summed E-state index contributed by atoms with van der Waals surface area (Å²) in [6.45, 7) is 11.9. The van der Waals surface area contributed by atoms with Crippen molar-refractivity contribution in [2.75, 3.05) is 26.2 Å². The van der Waals surface area contributed by atoms with Crippen LogP contribution in [0.5, 0.6) is 0 Å². The highest BCUT2D eigenvalue weighted by Gasteiger charge is 2.34. The van der Waals surface area contributed by atoms with E-state index in [2.05, 4.69) is 28.8 Å². The largest absolute Gasteiger partial charge is 0.372 e. The highest BCUT2D eigenvalue weighted by molar-refractivity contribution is 5.79. The Morgan fingerprint density at radius 3 is 2.72 bits per heavy atom. The maximum Gasteiger partial charge on any atom is 0.237 e. The van der Waals surface area contributed by atoms with E-state index in [1.165, 1.54) is 12.8 Å². The molecule has 25 heavy (non-hydrogen) atoms. The van der Waals surface area contributed by atoms with Crippen molar-refractivity contribution >= 4 is 5.91 Å². The fraction of sp³-hybridized carbons (Fsp3) is 0.789. The van der Waals surface area contributed by atoms with Crippen molar-refractivity contribution in [3.63, 3.8) is 0 Å². The zero-order valence-electron chi connectivity index (χ0n) is 16.0. The van der Waals surface area contributed by atoms with Crippen LogP contribution in [0, 0.1) is 19.8 Å². The number of aryl methyl sites for hydroxylation is 2. The first-order valence-electron chi connectivity index (χ1n) is 9.49. The van der Waals surface area contributed by atoms with Crippen LogP contribution in [-0.4, -0.2) is 59.2 Å². The van der Waals surface area contributed by atoms with Crippen molar-refractivity contribution in [1.29, 1.82) is 0 Å². The first kappa shape index (κ1) is 18.4. The molecule has 140 valence electrons. The topological polar surface area (TPSA) is 58.8 Å². The molecule has 2 heterocycles. The third-order valence-corrected chi connectivity index (χ3v) is 5.10. The third kappa shape index (κ3) is 4.82. The molecule has 1 aliphatic heterocycles. The Morgan fingerprint density at radius 1 is 1.36 bits per heavy atom. The molecule has 2 fully saturated rings. The number of likely N-dealkylation sites (tertiary alicyclic amines) is 1. The van der Waals surface area contributed by atoms with E-state index in [1.807, 2.05) is 13.8 Å². The summed E-state index contributed by atoms with van der Waals surface area (Å²) in [5, 5.41) is 3.97. The Hall–Kier alpha value is -1.40. The second-order valence-electron chi connectivity index (χ2n) is 7.93. The molecule has 1 aromatic rings. The van der Waals surface area contributed by atoms with Gasteiger partial charge in [-0.15, -0.1) is 0 Å². The van der Waals surface area contributed by atoms with Gasteiger partial charge in [0.2, 0.25) is 5.91 Å². The molecule has 1 atom stereocenters. The average Bonchev–Trinajstić information content (AvgIpc) is 3.22. The minimum absolute atomic E-state index is 0.181. The van der Waals surface area contributed by atoms with Crippen LogP contribution in [0.25, 0.3) is 0 Å². The summed E-state index contributed by atoms with van der Waals surface area (Å²) in [7, 11) is 0. The lowest BCUT2D eigenvalue weighted by molar-refractivity contribution is -0.133. The van der Waals surface area contributed by atoms with Crippen molar-refractivity contribution < 1.29 is 14.1 Å². The number of ether oxygens (including phenoxy) is 1. The van der Waals surface area contributed by atoms with Crippen LogP contribution in [-0.2, 0) is 16.1 Å². The molecule has 6 heteroatoms. The minimum Gasteiger partial charge on any atom is -0.372 e. The predicted molar refractivity (Wildman–Crippen MR) is 95.2 cm³/mol. The number of rotatable bonds is 8. The molecule has 0 bridgehead atoms. The fourth-order valence-electron chi connectivity index (χ4n) is 3.50. The van der Waals surface area contributed by atoms with Crippen molar-refractivity contribution in [1.82, 2.24) is 15.0 Å². The molecule has 0 N–H and O–H groups in total. The highest BCUT2D eigenvalue weighted by atomic mass is 16.5. The number of hydrogen-bond acceptors (Lipinski definition) is 5. The Labute approximate surface area is 150 Å². The van der Waals surface area contributed by atoms with Crippen LogP contribution in [0.1, 0.15) is 50.1 Å². The van der Waals surface area contributed by atoms with E-state index in [4.69, 9.17) is 9.26 Å². The number of carbonyl (C=O) groups is 1. The highest BCUT2D eigenvalue weighted by Crippen LogP contribution is 2.28. The van der Waals surface area contributed by atoms with Gasteiger partial charge in [0.25, 0.3) is 0 Å². The Balaban J connectivity index is 1.45. The molecule has 3 rings (SSSR count). The van der Waals surface area contributed by atoms with Crippen molar-refractivity contribution in [3.05, 3.63) is 17.0 Å². The molecular weight excluding hydrogens is 318 g/mol. The SMILES string of the molecule is Cc1noc(C)c1COC1CCN(CC(=O)N(CC(C)C)C2CC2)C1. The van der Waals surface area contributed by atoms with E-state index in [0.717, 1.165) is 43.1 Å². The Kier molecular flexibility index (Phi) is 5.79. The van der Waals surface area contributed by atoms with Crippen LogP contribution in [0.3, 0.4) is 0 Å². The summed E-state index contributed by atoms with van der Waals surface area (Å²) in [6.07, 6.45) is 3.49. The smallest absolute Gasteiger partial charge is 0.237 e. The molecular formula is C19H31N3O3. The van der Waals surface area contributed by atoms with E-state index in [9.17, 15) is 4.79 Å². The molecule has 1 aliphatic carbocycles. The van der Waals surface area contributed by atoms with Gasteiger partial charge in [-0.05, 0) is 39.0 Å². The summed E-state index contributed by atoms with van der Waals surface area (Å²) in [6, 6.07) is 0.490. The van der Waals surface area contributed by atoms with Gasteiger partial charge in [0.15, 0.2) is 0 Å². The maximum atomic E-state index is 12.7. The van der Waals surface area contributed by atoms with Crippen molar-refractivity contribution in [2.45, 2.75) is 65.7 Å². The molecule has 1 saturated heterocycles. The van der Waals surface area contributed by atoms with E-state index >= 15 is 0 Å². The van der Waals surface area contributed by atoms with Gasteiger partial charge >= 0.3 is 0 Å². The lowest BCUT2D eigenvalue weighted by Gasteiger charge is -2.27. The Morgan fingerprint density at radius 2 is 2.12 bits per heavy atom. The lowest BCUT2D eigenvalue weighted by Crippen LogP contribution is -2.42. The molecule has 0 aromatic carbocycles. The monoisotopic (exact) mass is 349 g/mol. The number of amides is 1. The van der Waals surface area contributed by atoms with Crippen molar-refractivity contribution in [3.8, 4) is 0 Å². The summed E-state index contributed by atoms with van der Waals surface area (Å²) >= 11 is 0. The molecule has 0 radical (unpaired) electrons.